The Hall–Kier alpha value is -1.43. The zero-order valence-electron chi connectivity index (χ0n) is 8.11. The lowest BCUT2D eigenvalue weighted by Gasteiger charge is -2.03. The molecule has 0 bridgehead atoms. The van der Waals surface area contributed by atoms with Gasteiger partial charge in [0.05, 0.1) is 22.1 Å². The quantitative estimate of drug-likeness (QED) is 0.472. The highest BCUT2D eigenvalue weighted by Gasteiger charge is 2.19. The molecule has 0 saturated heterocycles. The van der Waals surface area contributed by atoms with Crippen molar-refractivity contribution in [1.29, 1.82) is 0 Å². The molecule has 0 amide bonds. The van der Waals surface area contributed by atoms with Crippen molar-refractivity contribution in [2.75, 3.05) is 7.11 Å². The molecule has 1 aromatic carbocycles. The molecule has 0 atom stereocenters. The van der Waals surface area contributed by atoms with Crippen molar-refractivity contribution in [1.82, 2.24) is 0 Å². The average molecular weight is 274 g/mol. The van der Waals surface area contributed by atoms with Crippen LogP contribution < -0.4 is 0 Å². The molecule has 0 aliphatic carbocycles. The lowest BCUT2D eigenvalue weighted by molar-refractivity contribution is -0.386. The van der Waals surface area contributed by atoms with Gasteiger partial charge in [-0.15, -0.1) is 0 Å². The number of nitrogens with zero attached hydrogens (tertiary/aromatic N) is 1. The minimum Gasteiger partial charge on any atom is -0.465 e. The largest absolute Gasteiger partial charge is 0.465 e. The second-order valence-electron chi connectivity index (χ2n) is 2.87. The fraction of sp³-hybridized carbons (Fsp3) is 0.222. The minimum absolute atomic E-state index is 0.0392. The summed E-state index contributed by atoms with van der Waals surface area (Å²) in [6.07, 6.45) is 0. The van der Waals surface area contributed by atoms with Crippen molar-refractivity contribution in [3.63, 3.8) is 0 Å². The van der Waals surface area contributed by atoms with Crippen LogP contribution in [0, 0.1) is 17.0 Å². The summed E-state index contributed by atoms with van der Waals surface area (Å²) in [5.41, 5.74) is 0.657. The van der Waals surface area contributed by atoms with E-state index in [-0.39, 0.29) is 15.7 Å². The van der Waals surface area contributed by atoms with E-state index in [1.807, 2.05) is 0 Å². The fourth-order valence-corrected chi connectivity index (χ4v) is 1.91. The van der Waals surface area contributed by atoms with Crippen LogP contribution in [0.4, 0.5) is 5.69 Å². The molecule has 0 saturated carbocycles. The van der Waals surface area contributed by atoms with E-state index in [9.17, 15) is 14.9 Å². The Balaban J connectivity index is 3.31. The maximum Gasteiger partial charge on any atom is 0.337 e. The summed E-state index contributed by atoms with van der Waals surface area (Å²) in [6.45, 7) is 1.56. The molecule has 0 aromatic heterocycles. The number of aryl methyl sites for hydroxylation is 1. The number of ether oxygens (including phenoxy) is 1. The molecule has 0 spiro atoms. The molecule has 0 radical (unpaired) electrons. The van der Waals surface area contributed by atoms with E-state index in [4.69, 9.17) is 0 Å². The highest BCUT2D eigenvalue weighted by atomic mass is 79.9. The van der Waals surface area contributed by atoms with Crippen molar-refractivity contribution in [3.8, 4) is 0 Å². The Labute approximate surface area is 94.3 Å². The molecule has 1 rings (SSSR count). The summed E-state index contributed by atoms with van der Waals surface area (Å²) < 4.78 is 4.79. The second-order valence-corrected chi connectivity index (χ2v) is 3.73. The molecule has 0 heterocycles. The maximum absolute atomic E-state index is 11.2. The number of benzene rings is 1. The van der Waals surface area contributed by atoms with Gasteiger partial charge in [-0.05, 0) is 35.0 Å². The molecule has 0 aliphatic heterocycles. The zero-order chi connectivity index (χ0) is 11.6. The number of halogens is 1. The van der Waals surface area contributed by atoms with Gasteiger partial charge >= 0.3 is 5.97 Å². The molecular weight excluding hydrogens is 266 g/mol. The van der Waals surface area contributed by atoms with Gasteiger partial charge in [0, 0.05) is 5.56 Å². The van der Waals surface area contributed by atoms with Gasteiger partial charge in [0.25, 0.3) is 5.69 Å². The summed E-state index contributed by atoms with van der Waals surface area (Å²) in [6, 6.07) is 2.80. The predicted molar refractivity (Wildman–Crippen MR) is 56.9 cm³/mol. The molecular formula is C9H8BrNO4. The van der Waals surface area contributed by atoms with Crippen LogP contribution in [0.5, 0.6) is 0 Å². The highest BCUT2D eigenvalue weighted by Crippen LogP contribution is 2.29. The van der Waals surface area contributed by atoms with E-state index in [1.165, 1.54) is 19.2 Å². The predicted octanol–water partition coefficient (Wildman–Crippen LogP) is 2.45. The van der Waals surface area contributed by atoms with E-state index < -0.39 is 10.9 Å². The number of hydrogen-bond acceptors (Lipinski definition) is 4. The average Bonchev–Trinajstić information content (AvgIpc) is 2.14. The van der Waals surface area contributed by atoms with Gasteiger partial charge in [0.1, 0.15) is 0 Å². The first-order chi connectivity index (χ1) is 6.97. The molecule has 80 valence electrons. The SMILES string of the molecule is COC(=O)c1cc(C)c([N+](=O)[O-])c(Br)c1. The van der Waals surface area contributed by atoms with Crippen molar-refractivity contribution in [2.45, 2.75) is 6.92 Å². The third-order valence-electron chi connectivity index (χ3n) is 1.86. The molecule has 15 heavy (non-hydrogen) atoms. The topological polar surface area (TPSA) is 69.4 Å². The van der Waals surface area contributed by atoms with E-state index in [2.05, 4.69) is 20.7 Å². The fourth-order valence-electron chi connectivity index (χ4n) is 1.20. The maximum atomic E-state index is 11.2. The molecule has 5 nitrogen and oxygen atoms in total. The van der Waals surface area contributed by atoms with Gasteiger partial charge in [0.2, 0.25) is 0 Å². The van der Waals surface area contributed by atoms with Crippen molar-refractivity contribution in [3.05, 3.63) is 37.8 Å². The Morgan fingerprint density at radius 2 is 2.13 bits per heavy atom. The minimum atomic E-state index is -0.520. The van der Waals surface area contributed by atoms with E-state index in [0.717, 1.165) is 0 Å². The monoisotopic (exact) mass is 273 g/mol. The van der Waals surface area contributed by atoms with Gasteiger partial charge in [-0.2, -0.15) is 0 Å². The number of rotatable bonds is 2. The summed E-state index contributed by atoms with van der Waals surface area (Å²) in [7, 11) is 1.26. The lowest BCUT2D eigenvalue weighted by atomic mass is 10.1. The van der Waals surface area contributed by atoms with Gasteiger partial charge in [-0.3, -0.25) is 10.1 Å². The summed E-state index contributed by atoms with van der Waals surface area (Å²) >= 11 is 3.05. The number of hydrogen-bond donors (Lipinski definition) is 0. The molecule has 6 heteroatoms. The Morgan fingerprint density at radius 1 is 1.53 bits per heavy atom. The number of methoxy groups -OCH3 is 1. The number of esters is 1. The third kappa shape index (κ3) is 2.33. The second kappa shape index (κ2) is 4.39. The van der Waals surface area contributed by atoms with Crippen LogP contribution in [0.2, 0.25) is 0 Å². The summed E-state index contributed by atoms with van der Waals surface area (Å²) in [5, 5.41) is 10.7. The molecule has 0 N–H and O–H groups in total. The number of nitro benzene ring substituents is 1. The van der Waals surface area contributed by atoms with E-state index >= 15 is 0 Å². The van der Waals surface area contributed by atoms with Crippen LogP contribution in [0.1, 0.15) is 15.9 Å². The van der Waals surface area contributed by atoms with Gasteiger partial charge < -0.3 is 4.74 Å². The standard InChI is InChI=1S/C9H8BrNO4/c1-5-3-6(9(12)15-2)4-7(10)8(5)11(13)14/h3-4H,1-2H3. The van der Waals surface area contributed by atoms with Crippen LogP contribution >= 0.6 is 15.9 Å². The number of carbonyl (C=O) groups is 1. The van der Waals surface area contributed by atoms with Crippen molar-refractivity contribution in [2.24, 2.45) is 0 Å². The van der Waals surface area contributed by atoms with Crippen LogP contribution in [-0.4, -0.2) is 18.0 Å². The van der Waals surface area contributed by atoms with Crippen molar-refractivity contribution >= 4 is 27.6 Å². The molecule has 0 unspecified atom stereocenters. The Bertz CT molecular complexity index is 407. The molecule has 0 aliphatic rings. The highest BCUT2D eigenvalue weighted by molar-refractivity contribution is 9.10. The summed E-state index contributed by atoms with van der Waals surface area (Å²) in [4.78, 5) is 21.3. The Kier molecular flexibility index (Phi) is 3.41. The third-order valence-corrected chi connectivity index (χ3v) is 2.46. The smallest absolute Gasteiger partial charge is 0.337 e. The normalized spacial score (nSPS) is 9.80. The first kappa shape index (κ1) is 11.6. The van der Waals surface area contributed by atoms with Gasteiger partial charge in [0.15, 0.2) is 0 Å². The molecule has 1 aromatic rings. The van der Waals surface area contributed by atoms with Crippen LogP contribution in [-0.2, 0) is 4.74 Å². The van der Waals surface area contributed by atoms with Crippen LogP contribution in [0.3, 0.4) is 0 Å². The zero-order valence-corrected chi connectivity index (χ0v) is 9.70. The number of nitro groups is 1. The van der Waals surface area contributed by atoms with Gasteiger partial charge in [-0.1, -0.05) is 0 Å². The molecule has 0 fully saturated rings. The van der Waals surface area contributed by atoms with Gasteiger partial charge in [-0.25, -0.2) is 4.79 Å². The Morgan fingerprint density at radius 3 is 2.53 bits per heavy atom. The van der Waals surface area contributed by atoms with Crippen molar-refractivity contribution < 1.29 is 14.5 Å². The van der Waals surface area contributed by atoms with E-state index in [1.54, 1.807) is 6.92 Å². The number of carbonyl (C=O) groups excluding carboxylic acids is 1. The summed E-state index contributed by atoms with van der Waals surface area (Å²) in [5.74, 6) is -0.520. The lowest BCUT2D eigenvalue weighted by Crippen LogP contribution is -2.03. The first-order valence-corrected chi connectivity index (χ1v) is 4.79. The first-order valence-electron chi connectivity index (χ1n) is 4.00. The van der Waals surface area contributed by atoms with Crippen LogP contribution in [0.25, 0.3) is 0 Å². The van der Waals surface area contributed by atoms with Crippen LogP contribution in [0.15, 0.2) is 16.6 Å². The van der Waals surface area contributed by atoms with E-state index in [0.29, 0.717) is 5.56 Å².